The highest BCUT2D eigenvalue weighted by Gasteiger charge is 2.37. The summed E-state index contributed by atoms with van der Waals surface area (Å²) in [5.74, 6) is 0. The summed E-state index contributed by atoms with van der Waals surface area (Å²) in [6, 6.07) is 1.36. The molecule has 0 amide bonds. The Bertz CT molecular complexity index is 323. The summed E-state index contributed by atoms with van der Waals surface area (Å²) < 4.78 is 32.3. The highest BCUT2D eigenvalue weighted by Crippen LogP contribution is 2.13. The summed E-state index contributed by atoms with van der Waals surface area (Å²) in [5, 5.41) is 0. The van der Waals surface area contributed by atoms with Gasteiger partial charge in [0.15, 0.2) is 0 Å². The van der Waals surface area contributed by atoms with E-state index in [-0.39, 0.29) is 0 Å². The number of hydrogen-bond donors (Lipinski definition) is 0. The Hall–Kier alpha value is 0.0206. The zero-order valence-electron chi connectivity index (χ0n) is 14.1. The van der Waals surface area contributed by atoms with Gasteiger partial charge >= 0.3 is 17.6 Å². The Morgan fingerprint density at radius 2 is 1.10 bits per heavy atom. The SMILES string of the molecule is CO[Si](CC=C[Si](C)=CC[Si](OC)(OC)OC)(OC)OC. The second kappa shape index (κ2) is 10.7. The predicted octanol–water partition coefficient (Wildman–Crippen LogP) is 1.35. The average molecular weight is 353 g/mol. The molecule has 0 aromatic rings. The molecule has 0 atom stereocenters. The van der Waals surface area contributed by atoms with E-state index in [1.165, 1.54) is 0 Å². The summed E-state index contributed by atoms with van der Waals surface area (Å²) in [4.78, 5) is 0. The Balaban J connectivity index is 4.63. The minimum atomic E-state index is -2.51. The molecule has 0 saturated heterocycles. The molecule has 0 fully saturated rings. The largest absolute Gasteiger partial charge is 0.504 e. The van der Waals surface area contributed by atoms with Gasteiger partial charge in [-0.15, -0.1) is 0 Å². The van der Waals surface area contributed by atoms with E-state index in [1.54, 1.807) is 42.7 Å². The quantitative estimate of drug-likeness (QED) is 0.523. The minimum absolute atomic E-state index is 0.660. The van der Waals surface area contributed by atoms with Crippen molar-refractivity contribution in [2.24, 2.45) is 0 Å². The first-order valence-electron chi connectivity index (χ1n) is 6.61. The van der Waals surface area contributed by atoms with Crippen LogP contribution in [0.1, 0.15) is 0 Å². The lowest BCUT2D eigenvalue weighted by atomic mass is 10.8. The standard InChI is InChI=1S/C12H28O6Si3/c1-13-20(14-2,15-3)11-8-9-19(7)10-12-21(16-4,17-5)18-6/h8-10H,11-12H2,1-7H3. The van der Waals surface area contributed by atoms with Crippen LogP contribution in [-0.2, 0) is 26.6 Å². The van der Waals surface area contributed by atoms with Crippen molar-refractivity contribution in [3.05, 3.63) is 11.8 Å². The molecule has 0 N–H and O–H groups in total. The van der Waals surface area contributed by atoms with Gasteiger partial charge in [0, 0.05) is 63.2 Å². The molecule has 0 heterocycles. The van der Waals surface area contributed by atoms with E-state index >= 15 is 0 Å². The van der Waals surface area contributed by atoms with Gasteiger partial charge in [0.2, 0.25) is 0 Å². The topological polar surface area (TPSA) is 55.4 Å². The minimum Gasteiger partial charge on any atom is -0.377 e. The van der Waals surface area contributed by atoms with Gasteiger partial charge in [-0.3, -0.25) is 0 Å². The highest BCUT2D eigenvalue weighted by atomic mass is 28.4. The Kier molecular flexibility index (Phi) is 10.7. The molecule has 0 aromatic heterocycles. The molecule has 21 heavy (non-hydrogen) atoms. The summed E-state index contributed by atoms with van der Waals surface area (Å²) in [6.07, 6.45) is 2.07. The van der Waals surface area contributed by atoms with Gasteiger partial charge in [0.25, 0.3) is 0 Å². The van der Waals surface area contributed by atoms with Crippen LogP contribution in [0.3, 0.4) is 0 Å². The summed E-state index contributed by atoms with van der Waals surface area (Å²) in [5.41, 5.74) is 4.41. The maximum atomic E-state index is 5.40. The molecule has 124 valence electrons. The van der Waals surface area contributed by atoms with Crippen LogP contribution >= 0.6 is 0 Å². The van der Waals surface area contributed by atoms with Crippen molar-refractivity contribution in [3.63, 3.8) is 0 Å². The van der Waals surface area contributed by atoms with Crippen LogP contribution < -0.4 is 0 Å². The molecule has 6 nitrogen and oxygen atoms in total. The second-order valence-electron chi connectivity index (χ2n) is 4.35. The normalized spacial score (nSPS) is 14.1. The van der Waals surface area contributed by atoms with Crippen LogP contribution in [0, 0.1) is 0 Å². The first kappa shape index (κ1) is 21.0. The van der Waals surface area contributed by atoms with E-state index in [1.807, 2.05) is 0 Å². The Morgan fingerprint density at radius 3 is 1.48 bits per heavy atom. The first-order chi connectivity index (χ1) is 9.96. The van der Waals surface area contributed by atoms with Crippen LogP contribution in [0.2, 0.25) is 18.6 Å². The molecule has 0 saturated carbocycles. The molecular formula is C12H28O6Si3. The molecular weight excluding hydrogens is 324 g/mol. The fourth-order valence-corrected chi connectivity index (χ4v) is 7.30. The Morgan fingerprint density at radius 1 is 0.714 bits per heavy atom. The van der Waals surface area contributed by atoms with Crippen molar-refractivity contribution >= 4 is 31.7 Å². The van der Waals surface area contributed by atoms with Crippen molar-refractivity contribution in [2.75, 3.05) is 42.7 Å². The van der Waals surface area contributed by atoms with E-state index in [9.17, 15) is 0 Å². The summed E-state index contributed by atoms with van der Waals surface area (Å²) in [7, 11) is 3.96. The second-order valence-corrected chi connectivity index (χ2v) is 12.6. The molecule has 0 radical (unpaired) electrons. The molecule has 9 heteroatoms. The van der Waals surface area contributed by atoms with Crippen LogP contribution in [0.15, 0.2) is 11.8 Å². The van der Waals surface area contributed by atoms with Crippen molar-refractivity contribution < 1.29 is 26.6 Å². The highest BCUT2D eigenvalue weighted by molar-refractivity contribution is 6.75. The molecule has 0 unspecified atom stereocenters. The molecule has 0 aromatic carbocycles. The van der Waals surface area contributed by atoms with Crippen LogP contribution in [0.25, 0.3) is 0 Å². The van der Waals surface area contributed by atoms with Crippen LogP contribution in [-0.4, -0.2) is 74.3 Å². The molecule has 0 aliphatic carbocycles. The predicted molar refractivity (Wildman–Crippen MR) is 90.0 cm³/mol. The van der Waals surface area contributed by atoms with E-state index in [2.05, 4.69) is 24.0 Å². The van der Waals surface area contributed by atoms with Crippen molar-refractivity contribution in [3.8, 4) is 0 Å². The van der Waals surface area contributed by atoms with Gasteiger partial charge in [-0.05, 0) is 0 Å². The number of hydrogen-bond acceptors (Lipinski definition) is 6. The smallest absolute Gasteiger partial charge is 0.377 e. The lowest BCUT2D eigenvalue weighted by molar-refractivity contribution is 0.127. The molecule has 0 bridgehead atoms. The maximum Gasteiger partial charge on any atom is 0.504 e. The van der Waals surface area contributed by atoms with E-state index in [4.69, 9.17) is 26.6 Å². The van der Waals surface area contributed by atoms with Gasteiger partial charge in [-0.25, -0.2) is 0 Å². The van der Waals surface area contributed by atoms with Crippen molar-refractivity contribution in [2.45, 2.75) is 18.6 Å². The fourth-order valence-electron chi connectivity index (χ4n) is 1.74. The molecule has 0 aliphatic rings. The molecule has 0 rings (SSSR count). The van der Waals surface area contributed by atoms with Crippen LogP contribution in [0.4, 0.5) is 0 Å². The van der Waals surface area contributed by atoms with E-state index in [0.29, 0.717) is 12.1 Å². The third-order valence-corrected chi connectivity index (χ3v) is 10.5. The van der Waals surface area contributed by atoms with Gasteiger partial charge in [0.05, 0.1) is 0 Å². The van der Waals surface area contributed by atoms with Crippen LogP contribution in [0.5, 0.6) is 0 Å². The fraction of sp³-hybridized carbons (Fsp3) is 0.750. The third kappa shape index (κ3) is 6.76. The van der Waals surface area contributed by atoms with E-state index in [0.717, 1.165) is 0 Å². The van der Waals surface area contributed by atoms with E-state index < -0.39 is 26.0 Å². The lowest BCUT2D eigenvalue weighted by Crippen LogP contribution is -2.43. The summed E-state index contributed by atoms with van der Waals surface area (Å²) in [6.45, 7) is 2.19. The van der Waals surface area contributed by atoms with Gasteiger partial charge in [-0.1, -0.05) is 24.0 Å². The molecule has 0 spiro atoms. The maximum absolute atomic E-state index is 5.40. The Labute approximate surface area is 131 Å². The average Bonchev–Trinajstić information content (AvgIpc) is 2.54. The lowest BCUT2D eigenvalue weighted by Gasteiger charge is -2.23. The first-order valence-corrected chi connectivity index (χ1v) is 12.6. The number of rotatable bonds is 11. The monoisotopic (exact) mass is 352 g/mol. The number of allylic oxidation sites excluding steroid dienone is 1. The van der Waals surface area contributed by atoms with Crippen molar-refractivity contribution in [1.29, 1.82) is 0 Å². The van der Waals surface area contributed by atoms with Gasteiger partial charge in [0.1, 0.15) is 0 Å². The zero-order valence-corrected chi connectivity index (χ0v) is 17.1. The summed E-state index contributed by atoms with van der Waals surface area (Å²) >= 11 is 0. The zero-order chi connectivity index (χ0) is 16.4. The third-order valence-electron chi connectivity index (χ3n) is 3.29. The van der Waals surface area contributed by atoms with Gasteiger partial charge < -0.3 is 26.6 Å². The molecule has 0 aliphatic heterocycles. The van der Waals surface area contributed by atoms with Gasteiger partial charge in [-0.2, -0.15) is 0 Å². The van der Waals surface area contributed by atoms with Crippen molar-refractivity contribution in [1.82, 2.24) is 0 Å².